The Bertz CT molecular complexity index is 671. The number of nitrogens with zero attached hydrogens (tertiary/aromatic N) is 1. The Morgan fingerprint density at radius 2 is 2.00 bits per heavy atom. The van der Waals surface area contributed by atoms with Crippen molar-refractivity contribution in [1.29, 1.82) is 0 Å². The van der Waals surface area contributed by atoms with Gasteiger partial charge in [-0.25, -0.2) is 0 Å². The van der Waals surface area contributed by atoms with Crippen molar-refractivity contribution in [3.63, 3.8) is 0 Å². The maximum Gasteiger partial charge on any atom is 0.221 e. The molecule has 0 radical (unpaired) electrons. The summed E-state index contributed by atoms with van der Waals surface area (Å²) in [5.41, 5.74) is 4.94. The average molecular weight is 400 g/mol. The highest BCUT2D eigenvalue weighted by molar-refractivity contribution is 7.98. The zero-order valence-corrected chi connectivity index (χ0v) is 16.3. The van der Waals surface area contributed by atoms with Gasteiger partial charge in [-0.05, 0) is 28.8 Å². The lowest BCUT2D eigenvalue weighted by molar-refractivity contribution is -0.120. The second kappa shape index (κ2) is 11.4. The fourth-order valence-corrected chi connectivity index (χ4v) is 3.43. The Morgan fingerprint density at radius 3 is 2.80 bits per heavy atom. The predicted octanol–water partition coefficient (Wildman–Crippen LogP) is 3.47. The molecule has 136 valence electrons. The van der Waals surface area contributed by atoms with E-state index in [0.29, 0.717) is 13.0 Å². The van der Waals surface area contributed by atoms with Crippen molar-refractivity contribution in [2.75, 3.05) is 5.75 Å². The first-order valence-corrected chi connectivity index (χ1v) is 9.02. The number of fused-ring (bicyclic) bond motifs is 1. The van der Waals surface area contributed by atoms with Crippen molar-refractivity contribution < 1.29 is 4.79 Å². The third kappa shape index (κ3) is 6.86. The van der Waals surface area contributed by atoms with E-state index in [1.165, 1.54) is 16.7 Å². The first-order valence-electron chi connectivity index (χ1n) is 7.87. The molecule has 3 rings (SSSR count). The van der Waals surface area contributed by atoms with Crippen LogP contribution in [0.3, 0.4) is 0 Å². The van der Waals surface area contributed by atoms with Gasteiger partial charge in [-0.2, -0.15) is 11.8 Å². The Kier molecular flexibility index (Phi) is 9.90. The Morgan fingerprint density at radius 1 is 1.16 bits per heavy atom. The standard InChI is InChI=1S/C18H21N3OS.2ClH/c22-18(6-8-23-13-17-3-1-2-7-20-17)21-10-14-4-5-15-11-19-12-16(15)9-14;;/h1-5,7,9,19H,6,8,10-13H2,(H,21,22);2*1H. The van der Waals surface area contributed by atoms with Crippen molar-refractivity contribution >= 4 is 42.5 Å². The molecule has 2 aromatic rings. The number of aromatic nitrogens is 1. The van der Waals surface area contributed by atoms with E-state index in [2.05, 4.69) is 33.8 Å². The van der Waals surface area contributed by atoms with Crippen LogP contribution in [-0.2, 0) is 30.2 Å². The fraction of sp³-hybridized carbons (Fsp3) is 0.333. The van der Waals surface area contributed by atoms with Crippen molar-refractivity contribution in [2.45, 2.75) is 31.8 Å². The number of carbonyl (C=O) groups excluding carboxylic acids is 1. The maximum absolute atomic E-state index is 11.9. The molecule has 1 aliphatic rings. The second-order valence-corrected chi connectivity index (χ2v) is 6.71. The first-order chi connectivity index (χ1) is 11.3. The molecule has 7 heteroatoms. The lowest BCUT2D eigenvalue weighted by Gasteiger charge is -2.07. The molecule has 1 aromatic carbocycles. The van der Waals surface area contributed by atoms with Gasteiger partial charge in [-0.3, -0.25) is 9.78 Å². The molecule has 0 bridgehead atoms. The van der Waals surface area contributed by atoms with Gasteiger partial charge in [-0.1, -0.05) is 24.3 Å². The smallest absolute Gasteiger partial charge is 0.221 e. The van der Waals surface area contributed by atoms with Gasteiger partial charge in [0.25, 0.3) is 0 Å². The van der Waals surface area contributed by atoms with Gasteiger partial charge < -0.3 is 10.6 Å². The van der Waals surface area contributed by atoms with Crippen LogP contribution in [0.4, 0.5) is 0 Å². The van der Waals surface area contributed by atoms with E-state index in [1.807, 2.05) is 18.2 Å². The zero-order valence-electron chi connectivity index (χ0n) is 13.9. The van der Waals surface area contributed by atoms with E-state index in [4.69, 9.17) is 0 Å². The minimum absolute atomic E-state index is 0. The SMILES string of the molecule is Cl.Cl.O=C(CCSCc1ccccn1)NCc1ccc2c(c1)CNC2. The molecule has 0 saturated heterocycles. The number of hydrogen-bond acceptors (Lipinski definition) is 4. The molecule has 25 heavy (non-hydrogen) atoms. The third-order valence-electron chi connectivity index (χ3n) is 3.84. The summed E-state index contributed by atoms with van der Waals surface area (Å²) in [6.07, 6.45) is 2.35. The van der Waals surface area contributed by atoms with E-state index in [1.54, 1.807) is 18.0 Å². The quantitative estimate of drug-likeness (QED) is 0.699. The van der Waals surface area contributed by atoms with Crippen molar-refractivity contribution in [3.8, 4) is 0 Å². The number of rotatable bonds is 7. The molecule has 0 spiro atoms. The molecular weight excluding hydrogens is 377 g/mol. The van der Waals surface area contributed by atoms with Crippen LogP contribution < -0.4 is 10.6 Å². The summed E-state index contributed by atoms with van der Waals surface area (Å²) in [5, 5.41) is 6.33. The predicted molar refractivity (Wildman–Crippen MR) is 108 cm³/mol. The number of hydrogen-bond donors (Lipinski definition) is 2. The number of thioether (sulfide) groups is 1. The number of amides is 1. The molecule has 0 unspecified atom stereocenters. The van der Waals surface area contributed by atoms with Crippen LogP contribution >= 0.6 is 36.6 Å². The average Bonchev–Trinajstić information content (AvgIpc) is 3.05. The molecule has 2 heterocycles. The molecule has 1 amide bonds. The van der Waals surface area contributed by atoms with Crippen molar-refractivity contribution in [1.82, 2.24) is 15.6 Å². The highest BCUT2D eigenvalue weighted by Crippen LogP contribution is 2.17. The number of halogens is 2. The normalized spacial score (nSPS) is 11.8. The monoisotopic (exact) mass is 399 g/mol. The van der Waals surface area contributed by atoms with Crippen molar-refractivity contribution in [2.24, 2.45) is 0 Å². The number of nitrogens with one attached hydrogen (secondary N) is 2. The first kappa shape index (κ1) is 21.8. The van der Waals surface area contributed by atoms with E-state index >= 15 is 0 Å². The number of pyridine rings is 1. The highest BCUT2D eigenvalue weighted by atomic mass is 35.5. The van der Waals surface area contributed by atoms with Gasteiger partial charge in [0, 0.05) is 43.8 Å². The van der Waals surface area contributed by atoms with Crippen LogP contribution in [0.5, 0.6) is 0 Å². The fourth-order valence-electron chi connectivity index (χ4n) is 2.57. The Balaban J connectivity index is 0.00000156. The molecule has 0 saturated carbocycles. The molecule has 0 atom stereocenters. The van der Waals surface area contributed by atoms with Crippen LogP contribution in [0, 0.1) is 0 Å². The summed E-state index contributed by atoms with van der Waals surface area (Å²) in [6.45, 7) is 2.49. The lowest BCUT2D eigenvalue weighted by atomic mass is 10.1. The second-order valence-electron chi connectivity index (χ2n) is 5.61. The summed E-state index contributed by atoms with van der Waals surface area (Å²) in [4.78, 5) is 16.2. The lowest BCUT2D eigenvalue weighted by Crippen LogP contribution is -2.23. The van der Waals surface area contributed by atoms with Crippen LogP contribution in [-0.4, -0.2) is 16.6 Å². The minimum Gasteiger partial charge on any atom is -0.352 e. The van der Waals surface area contributed by atoms with Crippen molar-refractivity contribution in [3.05, 3.63) is 65.0 Å². The summed E-state index contributed by atoms with van der Waals surface area (Å²) < 4.78 is 0. The Hall–Kier alpha value is -1.27. The molecule has 0 fully saturated rings. The van der Waals surface area contributed by atoms with Gasteiger partial charge in [0.2, 0.25) is 5.91 Å². The van der Waals surface area contributed by atoms with Gasteiger partial charge >= 0.3 is 0 Å². The van der Waals surface area contributed by atoms with E-state index in [9.17, 15) is 4.79 Å². The zero-order chi connectivity index (χ0) is 15.9. The minimum atomic E-state index is 0. The third-order valence-corrected chi connectivity index (χ3v) is 4.83. The summed E-state index contributed by atoms with van der Waals surface area (Å²) >= 11 is 1.74. The molecular formula is C18H23Cl2N3OS. The van der Waals surface area contributed by atoms with Crippen LogP contribution in [0.1, 0.15) is 28.8 Å². The highest BCUT2D eigenvalue weighted by Gasteiger charge is 2.10. The van der Waals surface area contributed by atoms with Gasteiger partial charge in [0.15, 0.2) is 0 Å². The topological polar surface area (TPSA) is 54.0 Å². The van der Waals surface area contributed by atoms with Crippen LogP contribution in [0.15, 0.2) is 42.6 Å². The molecule has 1 aromatic heterocycles. The number of benzene rings is 1. The maximum atomic E-state index is 11.9. The Labute approximate surface area is 165 Å². The largest absolute Gasteiger partial charge is 0.352 e. The molecule has 2 N–H and O–H groups in total. The molecule has 4 nitrogen and oxygen atoms in total. The van der Waals surface area contributed by atoms with Gasteiger partial charge in [0.05, 0.1) is 5.69 Å². The molecule has 1 aliphatic heterocycles. The number of carbonyl (C=O) groups is 1. The summed E-state index contributed by atoms with van der Waals surface area (Å²) in [6, 6.07) is 12.3. The van der Waals surface area contributed by atoms with Gasteiger partial charge in [-0.15, -0.1) is 24.8 Å². The molecule has 0 aliphatic carbocycles. The van der Waals surface area contributed by atoms with Crippen LogP contribution in [0.25, 0.3) is 0 Å². The summed E-state index contributed by atoms with van der Waals surface area (Å²) in [7, 11) is 0. The van der Waals surface area contributed by atoms with E-state index in [-0.39, 0.29) is 30.7 Å². The van der Waals surface area contributed by atoms with E-state index < -0.39 is 0 Å². The van der Waals surface area contributed by atoms with Gasteiger partial charge in [0.1, 0.15) is 0 Å². The summed E-state index contributed by atoms with van der Waals surface area (Å²) in [5.74, 6) is 1.78. The van der Waals surface area contributed by atoms with Crippen LogP contribution in [0.2, 0.25) is 0 Å². The van der Waals surface area contributed by atoms with E-state index in [0.717, 1.165) is 30.3 Å².